The summed E-state index contributed by atoms with van der Waals surface area (Å²) in [6, 6.07) is 14.4. The molecule has 2 aromatic rings. The maximum Gasteiger partial charge on any atom is 0.122 e. The quantitative estimate of drug-likeness (QED) is 0.361. The normalized spacial score (nSPS) is 9.82. The fourth-order valence-electron chi connectivity index (χ4n) is 1.91. The first-order valence-electron chi connectivity index (χ1n) is 6.57. The van der Waals surface area contributed by atoms with Crippen molar-refractivity contribution in [1.29, 1.82) is 10.8 Å². The van der Waals surface area contributed by atoms with Crippen LogP contribution in [0, 0.1) is 10.8 Å². The zero-order valence-corrected chi connectivity index (χ0v) is 12.0. The molecule has 0 aromatic heterocycles. The number of amidine groups is 2. The molecule has 0 heterocycles. The molecule has 8 N–H and O–H groups in total. The fourth-order valence-corrected chi connectivity index (χ4v) is 1.91. The lowest BCUT2D eigenvalue weighted by atomic mass is 10.2. The first kappa shape index (κ1) is 15.1. The summed E-state index contributed by atoms with van der Waals surface area (Å²) in [6.07, 6.45) is 0. The van der Waals surface area contributed by atoms with Crippen molar-refractivity contribution in [1.82, 2.24) is 0 Å². The standard InChI is InChI=1S/C16H18N6/c1-10(21-13-6-2-4-11(8-13)15(17)18)22-14-7-3-5-12(9-14)16(19)20/h2-9,21-22H,1H2,(H3,17,18)(H3,19,20). The van der Waals surface area contributed by atoms with Crippen LogP contribution in [0.1, 0.15) is 11.1 Å². The Morgan fingerprint density at radius 2 is 1.23 bits per heavy atom. The molecule has 0 spiro atoms. The van der Waals surface area contributed by atoms with Crippen molar-refractivity contribution >= 4 is 23.0 Å². The van der Waals surface area contributed by atoms with Gasteiger partial charge in [0.05, 0.1) is 0 Å². The summed E-state index contributed by atoms with van der Waals surface area (Å²) in [5, 5.41) is 21.1. The van der Waals surface area contributed by atoms with E-state index in [1.165, 1.54) is 0 Å². The zero-order chi connectivity index (χ0) is 16.1. The van der Waals surface area contributed by atoms with Gasteiger partial charge in [0.15, 0.2) is 0 Å². The van der Waals surface area contributed by atoms with Crippen molar-refractivity contribution in [3.63, 3.8) is 0 Å². The van der Waals surface area contributed by atoms with Gasteiger partial charge in [-0.05, 0) is 24.3 Å². The van der Waals surface area contributed by atoms with Crippen LogP contribution in [0.2, 0.25) is 0 Å². The molecular formula is C16H18N6. The third-order valence-corrected chi connectivity index (χ3v) is 2.94. The van der Waals surface area contributed by atoms with Crippen molar-refractivity contribution in [3.8, 4) is 0 Å². The SMILES string of the molecule is C=C(Nc1cccc(C(=N)N)c1)Nc1cccc(C(=N)N)c1. The number of hydrogen-bond acceptors (Lipinski definition) is 4. The fraction of sp³-hybridized carbons (Fsp3) is 0. The first-order valence-corrected chi connectivity index (χ1v) is 6.57. The molecule has 2 rings (SSSR count). The molecule has 112 valence electrons. The van der Waals surface area contributed by atoms with Crippen LogP contribution in [-0.2, 0) is 0 Å². The average Bonchev–Trinajstić information content (AvgIpc) is 2.47. The molecule has 0 fully saturated rings. The number of benzene rings is 2. The van der Waals surface area contributed by atoms with Gasteiger partial charge in [0.25, 0.3) is 0 Å². The lowest BCUT2D eigenvalue weighted by molar-refractivity contribution is 1.36. The number of nitrogens with one attached hydrogen (secondary N) is 4. The molecule has 0 saturated heterocycles. The Morgan fingerprint density at radius 3 is 1.59 bits per heavy atom. The van der Waals surface area contributed by atoms with Gasteiger partial charge in [-0.3, -0.25) is 10.8 Å². The second-order valence-corrected chi connectivity index (χ2v) is 4.72. The van der Waals surface area contributed by atoms with Crippen LogP contribution >= 0.6 is 0 Å². The maximum atomic E-state index is 7.44. The van der Waals surface area contributed by atoms with Gasteiger partial charge in [0.1, 0.15) is 17.5 Å². The minimum atomic E-state index is 0.0105. The summed E-state index contributed by atoms with van der Waals surface area (Å²) in [7, 11) is 0. The van der Waals surface area contributed by atoms with Crippen LogP contribution in [0.4, 0.5) is 11.4 Å². The summed E-state index contributed by atoms with van der Waals surface area (Å²) in [5.74, 6) is 0.578. The largest absolute Gasteiger partial charge is 0.384 e. The van der Waals surface area contributed by atoms with Gasteiger partial charge in [-0.15, -0.1) is 0 Å². The van der Waals surface area contributed by atoms with Crippen molar-refractivity contribution in [2.24, 2.45) is 11.5 Å². The smallest absolute Gasteiger partial charge is 0.122 e. The molecule has 6 nitrogen and oxygen atoms in total. The lowest BCUT2D eigenvalue weighted by Gasteiger charge is -2.13. The molecule has 0 amide bonds. The van der Waals surface area contributed by atoms with Gasteiger partial charge in [0.2, 0.25) is 0 Å². The molecule has 0 aliphatic heterocycles. The van der Waals surface area contributed by atoms with Gasteiger partial charge in [-0.25, -0.2) is 0 Å². The third kappa shape index (κ3) is 3.86. The molecule has 0 radical (unpaired) electrons. The van der Waals surface area contributed by atoms with Crippen LogP contribution < -0.4 is 22.1 Å². The molecule has 0 aliphatic rings. The highest BCUT2D eigenvalue weighted by molar-refractivity contribution is 5.96. The summed E-state index contributed by atoms with van der Waals surface area (Å²) in [4.78, 5) is 0. The van der Waals surface area contributed by atoms with Gasteiger partial charge < -0.3 is 22.1 Å². The topological polar surface area (TPSA) is 124 Å². The van der Waals surface area contributed by atoms with Gasteiger partial charge in [0, 0.05) is 22.5 Å². The molecule has 0 bridgehead atoms. The summed E-state index contributed by atoms with van der Waals surface area (Å²) >= 11 is 0. The van der Waals surface area contributed by atoms with Gasteiger partial charge >= 0.3 is 0 Å². The van der Waals surface area contributed by atoms with Crippen molar-refractivity contribution in [2.45, 2.75) is 0 Å². The van der Waals surface area contributed by atoms with Crippen LogP contribution in [0.5, 0.6) is 0 Å². The molecule has 0 saturated carbocycles. The number of anilines is 2. The molecular weight excluding hydrogens is 276 g/mol. The molecule has 0 unspecified atom stereocenters. The second-order valence-electron chi connectivity index (χ2n) is 4.72. The van der Waals surface area contributed by atoms with E-state index in [0.29, 0.717) is 16.9 Å². The minimum Gasteiger partial charge on any atom is -0.384 e. The molecule has 0 atom stereocenters. The van der Waals surface area contributed by atoms with Crippen LogP contribution in [-0.4, -0.2) is 11.7 Å². The third-order valence-electron chi connectivity index (χ3n) is 2.94. The van der Waals surface area contributed by atoms with E-state index in [1.54, 1.807) is 24.3 Å². The minimum absolute atomic E-state index is 0.0105. The summed E-state index contributed by atoms with van der Waals surface area (Å²) in [6.45, 7) is 3.90. The first-order chi connectivity index (χ1) is 10.5. The monoisotopic (exact) mass is 294 g/mol. The highest BCUT2D eigenvalue weighted by Crippen LogP contribution is 2.15. The Balaban J connectivity index is 2.07. The van der Waals surface area contributed by atoms with Crippen molar-refractivity contribution in [2.75, 3.05) is 10.6 Å². The maximum absolute atomic E-state index is 7.44. The van der Waals surface area contributed by atoms with E-state index in [-0.39, 0.29) is 11.7 Å². The van der Waals surface area contributed by atoms with E-state index >= 15 is 0 Å². The van der Waals surface area contributed by atoms with Gasteiger partial charge in [-0.2, -0.15) is 0 Å². The molecule has 22 heavy (non-hydrogen) atoms. The van der Waals surface area contributed by atoms with E-state index < -0.39 is 0 Å². The Labute approximate surface area is 128 Å². The Hall–Kier alpha value is -3.28. The number of rotatable bonds is 6. The zero-order valence-electron chi connectivity index (χ0n) is 12.0. The van der Waals surface area contributed by atoms with E-state index in [9.17, 15) is 0 Å². The average molecular weight is 294 g/mol. The Bertz CT molecular complexity index is 673. The molecule has 6 heteroatoms. The van der Waals surface area contributed by atoms with Crippen LogP contribution in [0.15, 0.2) is 60.9 Å². The summed E-state index contributed by atoms with van der Waals surface area (Å²) < 4.78 is 0. The predicted octanol–water partition coefficient (Wildman–Crippen LogP) is 2.25. The van der Waals surface area contributed by atoms with Gasteiger partial charge in [-0.1, -0.05) is 30.8 Å². The Kier molecular flexibility index (Phi) is 4.43. The lowest BCUT2D eigenvalue weighted by Crippen LogP contribution is -2.13. The predicted molar refractivity (Wildman–Crippen MR) is 91.3 cm³/mol. The van der Waals surface area contributed by atoms with Crippen molar-refractivity contribution < 1.29 is 0 Å². The molecule has 2 aromatic carbocycles. The van der Waals surface area contributed by atoms with Crippen molar-refractivity contribution in [3.05, 3.63) is 72.1 Å². The number of nitrogens with two attached hydrogens (primary N) is 2. The van der Waals surface area contributed by atoms with E-state index in [1.807, 2.05) is 24.3 Å². The van der Waals surface area contributed by atoms with Crippen LogP contribution in [0.25, 0.3) is 0 Å². The highest BCUT2D eigenvalue weighted by atomic mass is 15.1. The summed E-state index contributed by atoms with van der Waals surface area (Å²) in [5.41, 5.74) is 13.7. The Morgan fingerprint density at radius 1 is 0.818 bits per heavy atom. The van der Waals surface area contributed by atoms with E-state index in [4.69, 9.17) is 22.3 Å². The van der Waals surface area contributed by atoms with Crippen LogP contribution in [0.3, 0.4) is 0 Å². The van der Waals surface area contributed by atoms with E-state index in [2.05, 4.69) is 17.2 Å². The second kappa shape index (κ2) is 6.45. The number of nitrogen functional groups attached to an aromatic ring is 2. The highest BCUT2D eigenvalue weighted by Gasteiger charge is 2.02. The number of hydrogen-bond donors (Lipinski definition) is 6. The van der Waals surface area contributed by atoms with E-state index in [0.717, 1.165) is 11.4 Å². The molecule has 0 aliphatic carbocycles.